The molecule has 2 atom stereocenters. The van der Waals surface area contributed by atoms with Crippen molar-refractivity contribution in [2.75, 3.05) is 0 Å². The number of nitrogens with zero attached hydrogens (tertiary/aromatic N) is 3. The Morgan fingerprint density at radius 2 is 2.22 bits per heavy atom. The van der Waals surface area contributed by atoms with Crippen LogP contribution in [0.3, 0.4) is 0 Å². The number of thioether (sulfide) groups is 1. The van der Waals surface area contributed by atoms with E-state index in [1.807, 2.05) is 11.8 Å². The number of hydrogen-bond acceptors (Lipinski definition) is 4. The molecule has 1 aromatic rings. The summed E-state index contributed by atoms with van der Waals surface area (Å²) in [6, 6.07) is 0. The third-order valence-electron chi connectivity index (χ3n) is 3.58. The van der Waals surface area contributed by atoms with Crippen LogP contribution in [0.5, 0.6) is 0 Å². The lowest BCUT2D eigenvalue weighted by molar-refractivity contribution is 0.393. The Balaban J connectivity index is 2.05. The van der Waals surface area contributed by atoms with Crippen molar-refractivity contribution in [1.29, 1.82) is 0 Å². The molecule has 0 aromatic carbocycles. The van der Waals surface area contributed by atoms with Crippen molar-refractivity contribution in [2.45, 2.75) is 69.4 Å². The van der Waals surface area contributed by atoms with Crippen LogP contribution in [0.15, 0.2) is 5.16 Å². The Bertz CT molecular complexity index is 377. The minimum atomic E-state index is 0.481. The third kappa shape index (κ3) is 3.26. The van der Waals surface area contributed by atoms with E-state index in [4.69, 9.17) is 5.73 Å². The van der Waals surface area contributed by atoms with Crippen LogP contribution in [0.1, 0.15) is 51.8 Å². The third-order valence-corrected chi connectivity index (χ3v) is 4.86. The molecule has 0 bridgehead atoms. The van der Waals surface area contributed by atoms with E-state index in [1.54, 1.807) is 0 Å². The van der Waals surface area contributed by atoms with Gasteiger partial charge in [0.2, 0.25) is 0 Å². The maximum Gasteiger partial charge on any atom is 0.191 e. The van der Waals surface area contributed by atoms with E-state index in [9.17, 15) is 0 Å². The summed E-state index contributed by atoms with van der Waals surface area (Å²) in [5.74, 6) is 1.77. The van der Waals surface area contributed by atoms with Gasteiger partial charge in [0.25, 0.3) is 0 Å². The zero-order chi connectivity index (χ0) is 13.0. The van der Waals surface area contributed by atoms with Crippen molar-refractivity contribution in [3.05, 3.63) is 5.82 Å². The van der Waals surface area contributed by atoms with Gasteiger partial charge in [0.05, 0.1) is 6.54 Å². The molecule has 1 aromatic heterocycles. The van der Waals surface area contributed by atoms with Gasteiger partial charge in [-0.3, -0.25) is 0 Å². The van der Waals surface area contributed by atoms with E-state index in [0.29, 0.717) is 11.8 Å². The first-order valence-corrected chi connectivity index (χ1v) is 7.91. The van der Waals surface area contributed by atoms with Gasteiger partial charge in [-0.2, -0.15) is 0 Å². The van der Waals surface area contributed by atoms with Crippen LogP contribution in [-0.4, -0.2) is 20.0 Å². The van der Waals surface area contributed by atoms with Crippen LogP contribution in [-0.2, 0) is 13.1 Å². The summed E-state index contributed by atoms with van der Waals surface area (Å²) in [6.07, 6.45) is 6.45. The number of hydrogen-bond donors (Lipinski definition) is 1. The van der Waals surface area contributed by atoms with Crippen molar-refractivity contribution >= 4 is 11.8 Å². The van der Waals surface area contributed by atoms with Gasteiger partial charge >= 0.3 is 0 Å². The van der Waals surface area contributed by atoms with Crippen LogP contribution in [0.2, 0.25) is 0 Å². The molecule has 0 spiro atoms. The molecule has 18 heavy (non-hydrogen) atoms. The van der Waals surface area contributed by atoms with E-state index in [2.05, 4.69) is 28.6 Å². The number of rotatable bonds is 5. The highest BCUT2D eigenvalue weighted by Crippen LogP contribution is 2.35. The first kappa shape index (κ1) is 13.9. The highest BCUT2D eigenvalue weighted by atomic mass is 32.2. The molecule has 1 aliphatic carbocycles. The molecule has 1 aliphatic rings. The second-order valence-electron chi connectivity index (χ2n) is 5.27. The summed E-state index contributed by atoms with van der Waals surface area (Å²) in [7, 11) is 0. The molecule has 2 rings (SSSR count). The fourth-order valence-electron chi connectivity index (χ4n) is 2.64. The van der Waals surface area contributed by atoms with Crippen LogP contribution in [0.25, 0.3) is 0 Å². The van der Waals surface area contributed by atoms with Gasteiger partial charge in [-0.25, -0.2) is 0 Å². The minimum Gasteiger partial charge on any atom is -0.324 e. The van der Waals surface area contributed by atoms with Gasteiger partial charge < -0.3 is 10.3 Å². The quantitative estimate of drug-likeness (QED) is 0.892. The molecule has 1 heterocycles. The summed E-state index contributed by atoms with van der Waals surface area (Å²) in [5.41, 5.74) is 5.72. The van der Waals surface area contributed by atoms with Gasteiger partial charge in [0.15, 0.2) is 5.16 Å². The van der Waals surface area contributed by atoms with Crippen molar-refractivity contribution in [1.82, 2.24) is 14.8 Å². The zero-order valence-corrected chi connectivity index (χ0v) is 12.2. The molecule has 102 valence electrons. The molecule has 1 saturated carbocycles. The van der Waals surface area contributed by atoms with Crippen molar-refractivity contribution in [2.24, 2.45) is 11.7 Å². The monoisotopic (exact) mass is 268 g/mol. The predicted octanol–water partition coefficient (Wildman–Crippen LogP) is 2.82. The second kappa shape index (κ2) is 6.57. The lowest BCUT2D eigenvalue weighted by atomic mass is 9.91. The van der Waals surface area contributed by atoms with Crippen LogP contribution in [0, 0.1) is 5.92 Å². The molecular weight excluding hydrogens is 244 g/mol. The smallest absolute Gasteiger partial charge is 0.191 e. The molecule has 0 amide bonds. The molecule has 1 fully saturated rings. The standard InChI is InChI=1S/C13H24N4S/c1-3-7-17-12(9-14)15-16-13(17)18-11-6-4-5-10(2)8-11/h10-11H,3-9,14H2,1-2H3. The van der Waals surface area contributed by atoms with E-state index in [1.165, 1.54) is 25.7 Å². The zero-order valence-electron chi connectivity index (χ0n) is 11.4. The summed E-state index contributed by atoms with van der Waals surface area (Å²) in [6.45, 7) is 5.99. The molecule has 0 aliphatic heterocycles. The Morgan fingerprint density at radius 1 is 1.39 bits per heavy atom. The van der Waals surface area contributed by atoms with E-state index < -0.39 is 0 Å². The molecule has 4 nitrogen and oxygen atoms in total. The summed E-state index contributed by atoms with van der Waals surface area (Å²) < 4.78 is 2.20. The fraction of sp³-hybridized carbons (Fsp3) is 0.846. The van der Waals surface area contributed by atoms with E-state index in [-0.39, 0.29) is 0 Å². The second-order valence-corrected chi connectivity index (χ2v) is 6.53. The van der Waals surface area contributed by atoms with Crippen LogP contribution in [0.4, 0.5) is 0 Å². The first-order chi connectivity index (χ1) is 8.74. The van der Waals surface area contributed by atoms with Crippen molar-refractivity contribution in [3.63, 3.8) is 0 Å². The fourth-order valence-corrected chi connectivity index (χ4v) is 4.06. The Labute approximate surface area is 114 Å². The van der Waals surface area contributed by atoms with Crippen molar-refractivity contribution in [3.8, 4) is 0 Å². The van der Waals surface area contributed by atoms with Gasteiger partial charge in [-0.05, 0) is 25.2 Å². The lowest BCUT2D eigenvalue weighted by Gasteiger charge is -2.25. The molecule has 0 saturated heterocycles. The van der Waals surface area contributed by atoms with Gasteiger partial charge in [-0.1, -0.05) is 38.5 Å². The van der Waals surface area contributed by atoms with E-state index >= 15 is 0 Å². The summed E-state index contributed by atoms with van der Waals surface area (Å²) in [5, 5.41) is 10.3. The molecule has 5 heteroatoms. The number of aromatic nitrogens is 3. The van der Waals surface area contributed by atoms with Crippen molar-refractivity contribution < 1.29 is 0 Å². The van der Waals surface area contributed by atoms with Crippen LogP contribution >= 0.6 is 11.8 Å². The lowest BCUT2D eigenvalue weighted by Crippen LogP contribution is -2.16. The Hall–Kier alpha value is -0.550. The number of nitrogens with two attached hydrogens (primary N) is 1. The van der Waals surface area contributed by atoms with Gasteiger partial charge in [0.1, 0.15) is 5.82 Å². The normalized spacial score (nSPS) is 24.4. The molecular formula is C13H24N4S. The average molecular weight is 268 g/mol. The SMILES string of the molecule is CCCn1c(CN)nnc1SC1CCCC(C)C1. The van der Waals surface area contributed by atoms with Gasteiger partial charge in [0, 0.05) is 11.8 Å². The summed E-state index contributed by atoms with van der Waals surface area (Å²) in [4.78, 5) is 0. The largest absolute Gasteiger partial charge is 0.324 e. The maximum absolute atomic E-state index is 5.72. The molecule has 0 radical (unpaired) electrons. The predicted molar refractivity (Wildman–Crippen MR) is 75.5 cm³/mol. The highest BCUT2D eigenvalue weighted by molar-refractivity contribution is 7.99. The summed E-state index contributed by atoms with van der Waals surface area (Å²) >= 11 is 1.90. The molecule has 2 unspecified atom stereocenters. The first-order valence-electron chi connectivity index (χ1n) is 7.03. The van der Waals surface area contributed by atoms with Gasteiger partial charge in [-0.15, -0.1) is 10.2 Å². The minimum absolute atomic E-state index is 0.481. The molecule has 2 N–H and O–H groups in total. The average Bonchev–Trinajstić information content (AvgIpc) is 2.72. The maximum atomic E-state index is 5.72. The Morgan fingerprint density at radius 3 is 2.89 bits per heavy atom. The topological polar surface area (TPSA) is 56.7 Å². The Kier molecular flexibility index (Phi) is 5.06. The van der Waals surface area contributed by atoms with Crippen LogP contribution < -0.4 is 5.73 Å². The van der Waals surface area contributed by atoms with E-state index in [0.717, 1.165) is 29.9 Å². The highest BCUT2D eigenvalue weighted by Gasteiger charge is 2.22.